The molecule has 1 saturated heterocycles. The summed E-state index contributed by atoms with van der Waals surface area (Å²) in [5, 5.41) is 2.97. The number of nitrogens with one attached hydrogen (secondary N) is 1. The molecule has 1 aromatic heterocycles. The van der Waals surface area contributed by atoms with Crippen molar-refractivity contribution in [3.63, 3.8) is 0 Å². The third-order valence-electron chi connectivity index (χ3n) is 4.98. The number of rotatable bonds is 4. The molecule has 2 aliphatic heterocycles. The number of anilines is 1. The molecule has 0 bridgehead atoms. The van der Waals surface area contributed by atoms with E-state index in [9.17, 15) is 9.59 Å². The van der Waals surface area contributed by atoms with Crippen molar-refractivity contribution < 1.29 is 9.59 Å². The molecule has 0 unspecified atom stereocenters. The number of carbonyl (C=O) groups excluding carboxylic acids is 2. The first-order chi connectivity index (χ1) is 12.2. The summed E-state index contributed by atoms with van der Waals surface area (Å²) >= 11 is 0. The molecule has 0 spiro atoms. The Hall–Kier alpha value is -2.63. The molecular weight excluding hydrogens is 316 g/mol. The van der Waals surface area contributed by atoms with Gasteiger partial charge in [0.25, 0.3) is 5.91 Å². The van der Waals surface area contributed by atoms with Crippen molar-refractivity contribution in [3.05, 3.63) is 47.5 Å². The molecule has 1 fully saturated rings. The number of amides is 2. The molecule has 2 amide bonds. The molecule has 4 rings (SSSR count). The van der Waals surface area contributed by atoms with Crippen molar-refractivity contribution in [1.82, 2.24) is 14.9 Å². The van der Waals surface area contributed by atoms with Crippen LogP contribution in [0.1, 0.15) is 47.6 Å². The van der Waals surface area contributed by atoms with Crippen LogP contribution >= 0.6 is 0 Å². The molecule has 0 atom stereocenters. The fourth-order valence-corrected chi connectivity index (χ4v) is 3.59. The third kappa shape index (κ3) is 3.16. The summed E-state index contributed by atoms with van der Waals surface area (Å²) in [4.78, 5) is 30.4. The molecule has 0 radical (unpaired) electrons. The van der Waals surface area contributed by atoms with E-state index in [1.807, 2.05) is 33.7 Å². The van der Waals surface area contributed by atoms with Crippen LogP contribution < -0.4 is 10.2 Å². The summed E-state index contributed by atoms with van der Waals surface area (Å²) in [6, 6.07) is 7.83. The first-order valence-electron chi connectivity index (χ1n) is 8.94. The van der Waals surface area contributed by atoms with E-state index in [4.69, 9.17) is 0 Å². The Morgan fingerprint density at radius 1 is 1.08 bits per heavy atom. The zero-order valence-electron chi connectivity index (χ0n) is 14.2. The Balaban J connectivity index is 1.39. The number of hydrogen-bond acceptors (Lipinski definition) is 3. The van der Waals surface area contributed by atoms with E-state index in [1.54, 1.807) is 6.20 Å². The molecule has 25 heavy (non-hydrogen) atoms. The summed E-state index contributed by atoms with van der Waals surface area (Å²) in [6.07, 6.45) is 6.42. The number of benzene rings is 1. The standard InChI is InChI=1S/C19H22N4O2/c24-18-5-3-11-22(18)15-8-6-14(7-9-15)12-21-19(25)16-13-20-17-4-1-2-10-23(16)17/h6-9,13H,1-5,10-12H2,(H,21,25). The highest BCUT2D eigenvalue weighted by atomic mass is 16.2. The summed E-state index contributed by atoms with van der Waals surface area (Å²) in [5.41, 5.74) is 2.60. The van der Waals surface area contributed by atoms with Gasteiger partial charge in [-0.1, -0.05) is 12.1 Å². The largest absolute Gasteiger partial charge is 0.347 e. The van der Waals surface area contributed by atoms with Crippen LogP contribution in [0.15, 0.2) is 30.5 Å². The average molecular weight is 338 g/mol. The van der Waals surface area contributed by atoms with Gasteiger partial charge < -0.3 is 14.8 Å². The lowest BCUT2D eigenvalue weighted by molar-refractivity contribution is -0.117. The van der Waals surface area contributed by atoms with Crippen LogP contribution in [-0.2, 0) is 24.3 Å². The minimum Gasteiger partial charge on any atom is -0.347 e. The van der Waals surface area contributed by atoms with Crippen molar-refractivity contribution in [1.29, 1.82) is 0 Å². The molecule has 130 valence electrons. The highest BCUT2D eigenvalue weighted by molar-refractivity contribution is 5.95. The predicted molar refractivity (Wildman–Crippen MR) is 94.4 cm³/mol. The Labute approximate surface area is 146 Å². The zero-order valence-corrected chi connectivity index (χ0v) is 14.2. The molecular formula is C19H22N4O2. The van der Waals surface area contributed by atoms with Crippen LogP contribution in [0.25, 0.3) is 0 Å². The Morgan fingerprint density at radius 3 is 2.68 bits per heavy atom. The Kier molecular flexibility index (Phi) is 4.26. The predicted octanol–water partition coefficient (Wildman–Crippen LogP) is 2.28. The van der Waals surface area contributed by atoms with Crippen LogP contribution in [0.3, 0.4) is 0 Å². The van der Waals surface area contributed by atoms with Gasteiger partial charge in [0.2, 0.25) is 5.91 Å². The van der Waals surface area contributed by atoms with Gasteiger partial charge in [-0.25, -0.2) is 4.98 Å². The fraction of sp³-hybridized carbons (Fsp3) is 0.421. The second-order valence-electron chi connectivity index (χ2n) is 6.67. The van der Waals surface area contributed by atoms with Crippen LogP contribution in [0.2, 0.25) is 0 Å². The lowest BCUT2D eigenvalue weighted by Crippen LogP contribution is -2.27. The number of imidazole rings is 1. The van der Waals surface area contributed by atoms with E-state index in [0.29, 0.717) is 18.7 Å². The van der Waals surface area contributed by atoms with Gasteiger partial charge in [0.05, 0.1) is 6.20 Å². The number of carbonyl (C=O) groups is 2. The van der Waals surface area contributed by atoms with Gasteiger partial charge >= 0.3 is 0 Å². The number of aryl methyl sites for hydroxylation is 1. The van der Waals surface area contributed by atoms with Gasteiger partial charge in [-0.15, -0.1) is 0 Å². The lowest BCUT2D eigenvalue weighted by Gasteiger charge is -2.17. The Bertz CT molecular complexity index is 794. The summed E-state index contributed by atoms with van der Waals surface area (Å²) in [6.45, 7) is 2.13. The van der Waals surface area contributed by atoms with Crippen molar-refractivity contribution in [2.24, 2.45) is 0 Å². The van der Waals surface area contributed by atoms with Crippen LogP contribution in [0.5, 0.6) is 0 Å². The smallest absolute Gasteiger partial charge is 0.269 e. The van der Waals surface area contributed by atoms with E-state index < -0.39 is 0 Å². The normalized spacial score (nSPS) is 16.8. The van der Waals surface area contributed by atoms with Gasteiger partial charge in [-0.2, -0.15) is 0 Å². The maximum atomic E-state index is 12.4. The minimum atomic E-state index is -0.0838. The Morgan fingerprint density at radius 2 is 1.92 bits per heavy atom. The number of nitrogens with zero attached hydrogens (tertiary/aromatic N) is 3. The van der Waals surface area contributed by atoms with Crippen molar-refractivity contribution in [3.8, 4) is 0 Å². The SMILES string of the molecule is O=C(NCc1ccc(N2CCCC2=O)cc1)c1cnc2n1CCCC2. The quantitative estimate of drug-likeness (QED) is 0.930. The monoisotopic (exact) mass is 338 g/mol. The number of aromatic nitrogens is 2. The van der Waals surface area contributed by atoms with Gasteiger partial charge in [0.1, 0.15) is 11.5 Å². The second kappa shape index (κ2) is 6.70. The molecule has 1 aromatic carbocycles. The second-order valence-corrected chi connectivity index (χ2v) is 6.67. The summed E-state index contributed by atoms with van der Waals surface area (Å²) < 4.78 is 2.03. The molecule has 2 aromatic rings. The summed E-state index contributed by atoms with van der Waals surface area (Å²) in [7, 11) is 0. The van der Waals surface area contributed by atoms with E-state index in [-0.39, 0.29) is 11.8 Å². The van der Waals surface area contributed by atoms with Gasteiger partial charge in [0.15, 0.2) is 0 Å². The van der Waals surface area contributed by atoms with E-state index in [0.717, 1.165) is 55.8 Å². The van der Waals surface area contributed by atoms with Crippen molar-refractivity contribution in [2.45, 2.75) is 45.2 Å². The minimum absolute atomic E-state index is 0.0838. The van der Waals surface area contributed by atoms with E-state index in [2.05, 4.69) is 10.3 Å². The topological polar surface area (TPSA) is 67.2 Å². The lowest BCUT2D eigenvalue weighted by atomic mass is 10.1. The van der Waals surface area contributed by atoms with Crippen LogP contribution in [0.4, 0.5) is 5.69 Å². The molecule has 0 saturated carbocycles. The first kappa shape index (κ1) is 15.9. The van der Waals surface area contributed by atoms with Crippen molar-refractivity contribution >= 4 is 17.5 Å². The van der Waals surface area contributed by atoms with Crippen LogP contribution in [0, 0.1) is 0 Å². The molecule has 2 aliphatic rings. The summed E-state index contributed by atoms with van der Waals surface area (Å²) in [5.74, 6) is 1.11. The average Bonchev–Trinajstić information content (AvgIpc) is 3.26. The van der Waals surface area contributed by atoms with Crippen molar-refractivity contribution in [2.75, 3.05) is 11.4 Å². The highest BCUT2D eigenvalue weighted by Crippen LogP contribution is 2.21. The van der Waals surface area contributed by atoms with Gasteiger partial charge in [-0.3, -0.25) is 9.59 Å². The molecule has 0 aliphatic carbocycles. The highest BCUT2D eigenvalue weighted by Gasteiger charge is 2.21. The maximum absolute atomic E-state index is 12.4. The first-order valence-corrected chi connectivity index (χ1v) is 8.94. The zero-order chi connectivity index (χ0) is 17.2. The van der Waals surface area contributed by atoms with E-state index in [1.165, 1.54) is 0 Å². The third-order valence-corrected chi connectivity index (χ3v) is 4.98. The molecule has 6 nitrogen and oxygen atoms in total. The van der Waals surface area contributed by atoms with Gasteiger partial charge in [-0.05, 0) is 37.0 Å². The number of hydrogen-bond donors (Lipinski definition) is 1. The van der Waals surface area contributed by atoms with Gasteiger partial charge in [0, 0.05) is 38.2 Å². The molecule has 1 N–H and O–H groups in total. The molecule has 3 heterocycles. The van der Waals surface area contributed by atoms with Crippen LogP contribution in [-0.4, -0.2) is 27.9 Å². The number of fused-ring (bicyclic) bond motifs is 1. The molecule has 6 heteroatoms. The van der Waals surface area contributed by atoms with E-state index >= 15 is 0 Å². The maximum Gasteiger partial charge on any atom is 0.269 e. The fourth-order valence-electron chi connectivity index (χ4n) is 3.59.